The Morgan fingerprint density at radius 3 is 1.18 bits per heavy atom. The Morgan fingerprint density at radius 2 is 1.00 bits per heavy atom. The van der Waals surface area contributed by atoms with E-state index in [1.54, 1.807) is 0 Å². The lowest BCUT2D eigenvalue weighted by Crippen LogP contribution is -2.39. The van der Waals surface area contributed by atoms with E-state index >= 15 is 0 Å². The van der Waals surface area contributed by atoms with Crippen LogP contribution in [0.3, 0.4) is 0 Å². The zero-order valence-corrected chi connectivity index (χ0v) is 7.77. The lowest BCUT2D eigenvalue weighted by Gasteiger charge is -2.27. The molecule has 0 fully saturated rings. The van der Waals surface area contributed by atoms with E-state index in [-0.39, 0.29) is 0 Å². The first-order valence-corrected chi connectivity index (χ1v) is 3.90. The highest BCUT2D eigenvalue weighted by Crippen LogP contribution is 2.45. The average Bonchev–Trinajstić information content (AvgIpc) is 1.96. The minimum absolute atomic E-state index is 2.59. The fourth-order valence-corrected chi connectivity index (χ4v) is 0.936. The van der Waals surface area contributed by atoms with Gasteiger partial charge in [-0.2, -0.15) is 35.1 Å². The molecule has 1 radical (unpaired) electrons. The van der Waals surface area contributed by atoms with Gasteiger partial charge in [0.1, 0.15) is 0 Å². The smallest absolute Gasteiger partial charge is 0.204 e. The van der Waals surface area contributed by atoms with Gasteiger partial charge in [-0.05, 0) is 0 Å². The summed E-state index contributed by atoms with van der Waals surface area (Å²) in [4.78, 5) is 0. The van der Waals surface area contributed by atoms with Gasteiger partial charge in [-0.3, -0.25) is 0 Å². The minimum atomic E-state index is -5.43. The maximum atomic E-state index is 12.5. The summed E-state index contributed by atoms with van der Waals surface area (Å²) in [5.41, 5.74) is 0. The summed E-state index contributed by atoms with van der Waals surface area (Å²) < 4.78 is 119. The van der Waals surface area contributed by atoms with E-state index in [2.05, 4.69) is 0 Å². The van der Waals surface area contributed by atoms with Gasteiger partial charge in [0.2, 0.25) is 0 Å². The van der Waals surface area contributed by atoms with E-state index in [0.29, 0.717) is 0 Å². The normalized spacial score (nSPS) is 14.8. The van der Waals surface area contributed by atoms with Crippen molar-refractivity contribution in [3.63, 3.8) is 0 Å². The number of hydrogen-bond donors (Lipinski definition) is 0. The summed E-state index contributed by atoms with van der Waals surface area (Å²) in [6.07, 6.45) is -20.9. The van der Waals surface area contributed by atoms with Gasteiger partial charge < -0.3 is 0 Å². The van der Waals surface area contributed by atoms with Crippen molar-refractivity contribution in [2.75, 3.05) is 0 Å². The van der Waals surface area contributed by atoms with Crippen LogP contribution in [0.4, 0.5) is 43.9 Å². The maximum Gasteiger partial charge on any atom is 0.389 e. The molecule has 0 saturated heterocycles. The van der Waals surface area contributed by atoms with Gasteiger partial charge in [-0.15, -0.1) is 0 Å². The van der Waals surface area contributed by atoms with E-state index in [4.69, 9.17) is 0 Å². The van der Waals surface area contributed by atoms with Crippen LogP contribution in [0.1, 0.15) is 12.8 Å². The molecule has 0 aliphatic heterocycles. The van der Waals surface area contributed by atoms with Gasteiger partial charge in [0, 0.05) is 0 Å². The SMILES string of the molecule is FC(F)C(F)(F)[C](CC(F)(F)F)CC(F)(F)F. The van der Waals surface area contributed by atoms with Gasteiger partial charge in [0.15, 0.2) is 0 Å². The predicted molar refractivity (Wildman–Crippen MR) is 35.5 cm³/mol. The zero-order chi connectivity index (χ0) is 14.1. The number of halogens is 10. The third-order valence-electron chi connectivity index (χ3n) is 1.57. The second kappa shape index (κ2) is 4.89. The molecule has 0 amide bonds. The first kappa shape index (κ1) is 16.3. The van der Waals surface area contributed by atoms with Crippen LogP contribution in [-0.4, -0.2) is 24.7 Å². The van der Waals surface area contributed by atoms with Crippen molar-refractivity contribution < 1.29 is 43.9 Å². The summed E-state index contributed by atoms with van der Waals surface area (Å²) in [5, 5.41) is 0. The summed E-state index contributed by atoms with van der Waals surface area (Å²) in [5.74, 6) is -8.02. The van der Waals surface area contributed by atoms with Crippen LogP contribution in [0, 0.1) is 5.92 Å². The third-order valence-corrected chi connectivity index (χ3v) is 1.57. The molecule has 17 heavy (non-hydrogen) atoms. The molecule has 0 saturated carbocycles. The van der Waals surface area contributed by atoms with Crippen LogP contribution < -0.4 is 0 Å². The molecule has 0 aromatic carbocycles. The van der Waals surface area contributed by atoms with Crippen LogP contribution in [0.5, 0.6) is 0 Å². The van der Waals surface area contributed by atoms with Crippen LogP contribution in [0.2, 0.25) is 0 Å². The van der Waals surface area contributed by atoms with Crippen molar-refractivity contribution in [3.05, 3.63) is 5.92 Å². The standard InChI is InChI=1S/C7H5F10/c8-4(9)7(16,17)3(1-5(10,11)12)2-6(13,14)15/h4H,1-2H2. The van der Waals surface area contributed by atoms with Crippen molar-refractivity contribution in [1.82, 2.24) is 0 Å². The molecular weight excluding hydrogens is 274 g/mol. The molecule has 0 nitrogen and oxygen atoms in total. The molecule has 0 heterocycles. The minimum Gasteiger partial charge on any atom is -0.204 e. The molecule has 10 heteroatoms. The Hall–Kier alpha value is -0.700. The van der Waals surface area contributed by atoms with E-state index in [0.717, 1.165) is 0 Å². The summed E-state index contributed by atoms with van der Waals surface area (Å²) >= 11 is 0. The Labute approximate surface area is 88.6 Å². The molecule has 0 bridgehead atoms. The monoisotopic (exact) mass is 279 g/mol. The van der Waals surface area contributed by atoms with E-state index < -0.39 is 43.5 Å². The topological polar surface area (TPSA) is 0 Å². The molecule has 0 aromatic rings. The lowest BCUT2D eigenvalue weighted by atomic mass is 9.93. The molecule has 0 rings (SSSR count). The van der Waals surface area contributed by atoms with Gasteiger partial charge in [-0.25, -0.2) is 8.78 Å². The molecule has 0 aliphatic rings. The Kier molecular flexibility index (Phi) is 4.69. The number of rotatable bonds is 4. The highest BCUT2D eigenvalue weighted by molar-refractivity contribution is 5.07. The first-order chi connectivity index (χ1) is 7.26. The summed E-state index contributed by atoms with van der Waals surface area (Å²) in [6.45, 7) is 0. The maximum absolute atomic E-state index is 12.5. The fourth-order valence-electron chi connectivity index (χ4n) is 0.936. The summed E-state index contributed by atoms with van der Waals surface area (Å²) in [7, 11) is 0. The van der Waals surface area contributed by atoms with E-state index in [9.17, 15) is 43.9 Å². The predicted octanol–water partition coefficient (Wildman–Crippen LogP) is 4.37. The first-order valence-electron chi connectivity index (χ1n) is 3.90. The van der Waals surface area contributed by atoms with Crippen LogP contribution in [0.25, 0.3) is 0 Å². The van der Waals surface area contributed by atoms with Gasteiger partial charge >= 0.3 is 24.7 Å². The lowest BCUT2D eigenvalue weighted by molar-refractivity contribution is -0.188. The zero-order valence-electron chi connectivity index (χ0n) is 7.77. The fraction of sp³-hybridized carbons (Fsp3) is 0.857. The molecule has 0 aromatic heterocycles. The second-order valence-corrected chi connectivity index (χ2v) is 3.11. The quantitative estimate of drug-likeness (QED) is 0.670. The van der Waals surface area contributed by atoms with Gasteiger partial charge in [0.05, 0.1) is 18.8 Å². The van der Waals surface area contributed by atoms with Gasteiger partial charge in [0.25, 0.3) is 0 Å². The van der Waals surface area contributed by atoms with Crippen molar-refractivity contribution in [2.45, 2.75) is 37.5 Å². The molecule has 0 aliphatic carbocycles. The highest BCUT2D eigenvalue weighted by atomic mass is 19.4. The third kappa shape index (κ3) is 5.97. The second-order valence-electron chi connectivity index (χ2n) is 3.11. The van der Waals surface area contributed by atoms with Crippen molar-refractivity contribution in [1.29, 1.82) is 0 Å². The van der Waals surface area contributed by atoms with Crippen molar-refractivity contribution in [3.8, 4) is 0 Å². The molecule has 0 spiro atoms. The van der Waals surface area contributed by atoms with Crippen molar-refractivity contribution in [2.24, 2.45) is 0 Å². The molecule has 0 N–H and O–H groups in total. The highest BCUT2D eigenvalue weighted by Gasteiger charge is 2.56. The van der Waals surface area contributed by atoms with E-state index in [1.807, 2.05) is 0 Å². The number of hydrogen-bond acceptors (Lipinski definition) is 0. The molecule has 0 unspecified atom stereocenters. The van der Waals surface area contributed by atoms with Crippen LogP contribution >= 0.6 is 0 Å². The summed E-state index contributed by atoms with van der Waals surface area (Å²) in [6, 6.07) is 0. The molecule has 103 valence electrons. The van der Waals surface area contributed by atoms with E-state index in [1.165, 1.54) is 0 Å². The Morgan fingerprint density at radius 1 is 0.706 bits per heavy atom. The Bertz CT molecular complexity index is 220. The van der Waals surface area contributed by atoms with Gasteiger partial charge in [-0.1, -0.05) is 0 Å². The Balaban J connectivity index is 4.99. The molecule has 0 atom stereocenters. The average molecular weight is 279 g/mol. The number of alkyl halides is 10. The largest absolute Gasteiger partial charge is 0.389 e. The molecular formula is C7H5F10. The van der Waals surface area contributed by atoms with Crippen LogP contribution in [-0.2, 0) is 0 Å². The van der Waals surface area contributed by atoms with Crippen LogP contribution in [0.15, 0.2) is 0 Å². The van der Waals surface area contributed by atoms with Crippen molar-refractivity contribution >= 4 is 0 Å².